The maximum absolute atomic E-state index is 11.7. The summed E-state index contributed by atoms with van der Waals surface area (Å²) in [6, 6.07) is -0.764. The van der Waals surface area contributed by atoms with Gasteiger partial charge in [-0.25, -0.2) is 15.0 Å². The van der Waals surface area contributed by atoms with E-state index in [1.54, 1.807) is 0 Å². The molecule has 4 rings (SSSR count). The number of fused-ring (bicyclic) bond motifs is 1. The lowest BCUT2D eigenvalue weighted by Crippen LogP contribution is -2.33. The Labute approximate surface area is 145 Å². The molecule has 12 nitrogen and oxygen atoms in total. The van der Waals surface area contributed by atoms with Gasteiger partial charge in [-0.2, -0.15) is 0 Å². The van der Waals surface area contributed by atoms with Gasteiger partial charge in [0.2, 0.25) is 11.8 Å². The second kappa shape index (κ2) is 6.25. The minimum absolute atomic E-state index is 0.0140. The fourth-order valence-electron chi connectivity index (χ4n) is 3.09. The molecule has 5 atom stereocenters. The van der Waals surface area contributed by atoms with E-state index >= 15 is 0 Å². The highest BCUT2D eigenvalue weighted by Crippen LogP contribution is 2.32. The third kappa shape index (κ3) is 2.59. The smallest absolute Gasteiger partial charge is 0.249 e. The number of nitrogens with zero attached hydrogens (tertiary/aromatic N) is 4. The average Bonchev–Trinajstić information content (AvgIpc) is 3.26. The number of aliphatic hydroxyl groups excluding tert-OH is 3. The molecule has 5 N–H and O–H groups in total. The summed E-state index contributed by atoms with van der Waals surface area (Å²) in [6.07, 6.45) is -1.89. The van der Waals surface area contributed by atoms with E-state index in [1.807, 2.05) is 0 Å². The van der Waals surface area contributed by atoms with E-state index in [1.165, 1.54) is 17.2 Å². The van der Waals surface area contributed by atoms with Gasteiger partial charge < -0.3 is 25.4 Å². The molecular weight excluding hydrogens is 348 g/mol. The molecule has 2 aliphatic heterocycles. The first-order valence-corrected chi connectivity index (χ1v) is 7.90. The van der Waals surface area contributed by atoms with E-state index in [0.717, 1.165) is 0 Å². The highest BCUT2D eigenvalue weighted by molar-refractivity contribution is 6.07. The summed E-state index contributed by atoms with van der Waals surface area (Å²) in [5.41, 5.74) is 0.597. The number of nitrogens with one attached hydrogen (secondary N) is 2. The first-order chi connectivity index (χ1) is 12.5. The fraction of sp³-hybridized carbons (Fsp3) is 0.500. The Balaban J connectivity index is 1.65. The van der Waals surface area contributed by atoms with Crippen molar-refractivity contribution in [2.24, 2.45) is 0 Å². The van der Waals surface area contributed by atoms with Gasteiger partial charge in [0.05, 0.1) is 19.4 Å². The third-order valence-electron chi connectivity index (χ3n) is 4.43. The number of carbonyl (C=O) groups excluding carboxylic acids is 2. The van der Waals surface area contributed by atoms with Crippen molar-refractivity contribution in [3.8, 4) is 0 Å². The molecule has 2 amide bonds. The Morgan fingerprint density at radius 2 is 2.08 bits per heavy atom. The highest BCUT2D eigenvalue weighted by Gasteiger charge is 2.44. The largest absolute Gasteiger partial charge is 0.394 e. The maximum Gasteiger partial charge on any atom is 0.249 e. The number of imidazole rings is 1. The van der Waals surface area contributed by atoms with Crippen LogP contribution in [-0.2, 0) is 14.3 Å². The first kappa shape index (κ1) is 16.8. The van der Waals surface area contributed by atoms with Crippen LogP contribution < -0.4 is 10.6 Å². The van der Waals surface area contributed by atoms with E-state index in [9.17, 15) is 24.9 Å². The number of carbonyl (C=O) groups is 2. The number of ether oxygens (including phenoxy) is 1. The van der Waals surface area contributed by atoms with Crippen molar-refractivity contribution in [1.82, 2.24) is 24.8 Å². The lowest BCUT2D eigenvalue weighted by atomic mass is 10.1. The average molecular weight is 364 g/mol. The molecule has 0 saturated carbocycles. The molecule has 0 bridgehead atoms. The van der Waals surface area contributed by atoms with E-state index < -0.39 is 43.1 Å². The number of amides is 2. The van der Waals surface area contributed by atoms with Crippen LogP contribution in [0.3, 0.4) is 0 Å². The van der Waals surface area contributed by atoms with E-state index in [2.05, 4.69) is 25.6 Å². The van der Waals surface area contributed by atoms with Crippen LogP contribution in [0, 0.1) is 0 Å². The van der Waals surface area contributed by atoms with Crippen LogP contribution in [0.25, 0.3) is 11.2 Å². The number of imide groups is 1. The van der Waals surface area contributed by atoms with Crippen LogP contribution in [0.15, 0.2) is 12.7 Å². The summed E-state index contributed by atoms with van der Waals surface area (Å²) in [6.45, 7) is -0.450. The van der Waals surface area contributed by atoms with Crippen molar-refractivity contribution in [1.29, 1.82) is 0 Å². The SMILES string of the molecule is O=C1C[C@@H](Nc2ncnc3c2ncn3[C@@H]2O[C@H](CO)[C@@H](O)[C@H]2O)C(=O)N1. The van der Waals surface area contributed by atoms with Gasteiger partial charge in [-0.1, -0.05) is 0 Å². The number of aromatic nitrogens is 4. The summed E-state index contributed by atoms with van der Waals surface area (Å²) in [7, 11) is 0. The normalized spacial score (nSPS) is 31.6. The standard InChI is InChI=1S/C14H16N6O6/c21-2-6-9(23)10(24)14(26-6)20-4-17-8-11(15-3-16-12(8)20)18-5-1-7(22)19-13(5)25/h3-6,9-10,14,21,23-24H,1-2H2,(H,15,16,18)(H,19,22,25)/t5-,6-,9-,10-,14-/m1/s1. The van der Waals surface area contributed by atoms with Crippen molar-refractivity contribution < 1.29 is 29.6 Å². The van der Waals surface area contributed by atoms with Crippen LogP contribution in [-0.4, -0.2) is 77.6 Å². The number of anilines is 1. The summed E-state index contributed by atoms with van der Waals surface area (Å²) in [4.78, 5) is 35.4. The molecule has 2 aromatic heterocycles. The first-order valence-electron chi connectivity index (χ1n) is 7.90. The fourth-order valence-corrected chi connectivity index (χ4v) is 3.09. The summed E-state index contributed by atoms with van der Waals surface area (Å²) in [5, 5.41) is 34.3. The molecule has 2 saturated heterocycles. The zero-order chi connectivity index (χ0) is 18.4. The molecule has 0 unspecified atom stereocenters. The molecule has 2 aromatic rings. The van der Waals surface area contributed by atoms with Crippen LogP contribution in [0.4, 0.5) is 5.82 Å². The van der Waals surface area contributed by atoms with Crippen molar-refractivity contribution in [3.05, 3.63) is 12.7 Å². The van der Waals surface area contributed by atoms with Crippen molar-refractivity contribution in [3.63, 3.8) is 0 Å². The van der Waals surface area contributed by atoms with Gasteiger partial charge in [0, 0.05) is 0 Å². The lowest BCUT2D eigenvalue weighted by Gasteiger charge is -2.16. The topological polar surface area (TPSA) is 172 Å². The van der Waals surface area contributed by atoms with Crippen LogP contribution in [0.5, 0.6) is 0 Å². The molecule has 26 heavy (non-hydrogen) atoms. The minimum Gasteiger partial charge on any atom is -0.394 e. The van der Waals surface area contributed by atoms with E-state index in [-0.39, 0.29) is 18.1 Å². The second-order valence-electron chi connectivity index (χ2n) is 6.09. The van der Waals surface area contributed by atoms with Crippen molar-refractivity contribution in [2.75, 3.05) is 11.9 Å². The maximum atomic E-state index is 11.7. The molecule has 0 aromatic carbocycles. The summed E-state index contributed by atoms with van der Waals surface area (Å²) < 4.78 is 6.88. The summed E-state index contributed by atoms with van der Waals surface area (Å²) >= 11 is 0. The molecule has 138 valence electrons. The van der Waals surface area contributed by atoms with Gasteiger partial charge in [-0.3, -0.25) is 19.5 Å². The third-order valence-corrected chi connectivity index (χ3v) is 4.43. The Morgan fingerprint density at radius 3 is 2.73 bits per heavy atom. The molecule has 0 spiro atoms. The molecule has 2 aliphatic rings. The molecule has 0 aliphatic carbocycles. The quantitative estimate of drug-likeness (QED) is 0.358. The van der Waals surface area contributed by atoms with Gasteiger partial charge in [0.1, 0.15) is 30.7 Å². The second-order valence-corrected chi connectivity index (χ2v) is 6.09. The number of rotatable bonds is 4. The molecule has 12 heteroatoms. The minimum atomic E-state index is -1.28. The zero-order valence-electron chi connectivity index (χ0n) is 13.3. The Morgan fingerprint density at radius 1 is 1.27 bits per heavy atom. The van der Waals surface area contributed by atoms with Gasteiger partial charge in [-0.05, 0) is 0 Å². The number of hydrogen-bond acceptors (Lipinski definition) is 10. The van der Waals surface area contributed by atoms with E-state index in [4.69, 9.17) is 4.74 Å². The lowest BCUT2D eigenvalue weighted by molar-refractivity contribution is -0.124. The molecule has 0 radical (unpaired) electrons. The van der Waals surface area contributed by atoms with Crippen LogP contribution in [0.2, 0.25) is 0 Å². The highest BCUT2D eigenvalue weighted by atomic mass is 16.6. The van der Waals surface area contributed by atoms with Crippen molar-refractivity contribution in [2.45, 2.75) is 37.0 Å². The number of hydrogen-bond donors (Lipinski definition) is 5. The zero-order valence-corrected chi connectivity index (χ0v) is 13.3. The van der Waals surface area contributed by atoms with Gasteiger partial charge >= 0.3 is 0 Å². The van der Waals surface area contributed by atoms with Gasteiger partial charge in [0.25, 0.3) is 0 Å². The van der Waals surface area contributed by atoms with Crippen LogP contribution in [0.1, 0.15) is 12.6 Å². The van der Waals surface area contributed by atoms with E-state index in [0.29, 0.717) is 11.2 Å². The Bertz CT molecular complexity index is 871. The Hall–Kier alpha value is -2.67. The van der Waals surface area contributed by atoms with Crippen LogP contribution >= 0.6 is 0 Å². The molecular formula is C14H16N6O6. The predicted molar refractivity (Wildman–Crippen MR) is 83.5 cm³/mol. The van der Waals surface area contributed by atoms with Crippen molar-refractivity contribution >= 4 is 28.8 Å². The monoisotopic (exact) mass is 364 g/mol. The molecule has 4 heterocycles. The number of aliphatic hydroxyl groups is 3. The Kier molecular flexibility index (Phi) is 4.03. The molecule has 2 fully saturated rings. The summed E-state index contributed by atoms with van der Waals surface area (Å²) in [5.74, 6) is -0.588. The predicted octanol–water partition coefficient (Wildman–Crippen LogP) is -2.74. The van der Waals surface area contributed by atoms with Gasteiger partial charge in [0.15, 0.2) is 23.2 Å². The van der Waals surface area contributed by atoms with Gasteiger partial charge in [-0.15, -0.1) is 0 Å².